The van der Waals surface area contributed by atoms with Crippen LogP contribution in [0.3, 0.4) is 0 Å². The summed E-state index contributed by atoms with van der Waals surface area (Å²) in [4.78, 5) is 23.9. The molecule has 0 radical (unpaired) electrons. The molecule has 0 unspecified atom stereocenters. The van der Waals surface area contributed by atoms with Crippen molar-refractivity contribution in [2.45, 2.75) is 64.3 Å². The summed E-state index contributed by atoms with van der Waals surface area (Å²) in [6.07, 6.45) is 8.61. The molecule has 0 atom stereocenters. The van der Waals surface area contributed by atoms with Crippen molar-refractivity contribution in [1.29, 1.82) is 0 Å². The maximum absolute atomic E-state index is 12.1. The third kappa shape index (κ3) is 3.55. The molecule has 19 heavy (non-hydrogen) atoms. The lowest BCUT2D eigenvalue weighted by Crippen LogP contribution is -2.30. The lowest BCUT2D eigenvalue weighted by atomic mass is 10.2. The van der Waals surface area contributed by atoms with Gasteiger partial charge in [-0.2, -0.15) is 0 Å². The zero-order valence-corrected chi connectivity index (χ0v) is 12.3. The van der Waals surface area contributed by atoms with Crippen molar-refractivity contribution in [3.05, 3.63) is 21.0 Å². The van der Waals surface area contributed by atoms with E-state index in [1.165, 1.54) is 29.4 Å². The average molecular weight is 286 g/mol. The third-order valence-electron chi connectivity index (χ3n) is 3.62. The number of nitrogens with zero attached hydrogens (tertiary/aromatic N) is 2. The van der Waals surface area contributed by atoms with Crippen molar-refractivity contribution in [1.82, 2.24) is 8.71 Å². The maximum atomic E-state index is 12.1. The molecule has 1 saturated carbocycles. The third-order valence-corrected chi connectivity index (χ3v) is 4.55. The Morgan fingerprint density at radius 3 is 2.63 bits per heavy atom. The molecule has 0 saturated heterocycles. The Bertz CT molecular complexity index is 497. The van der Waals surface area contributed by atoms with Gasteiger partial charge in [0.15, 0.2) is 0 Å². The SMILES string of the molecule is CCCCCCSn1oc(=O)n(C2CCCC2)c1=O. The average Bonchev–Trinajstić information content (AvgIpc) is 2.98. The monoisotopic (exact) mass is 286 g/mol. The first-order valence-corrected chi connectivity index (χ1v) is 8.16. The lowest BCUT2D eigenvalue weighted by Gasteiger charge is -2.05. The van der Waals surface area contributed by atoms with E-state index in [-0.39, 0.29) is 11.7 Å². The lowest BCUT2D eigenvalue weighted by molar-refractivity contribution is 0.340. The van der Waals surface area contributed by atoms with E-state index in [1.807, 2.05) is 0 Å². The van der Waals surface area contributed by atoms with Crippen LogP contribution in [0.1, 0.15) is 64.3 Å². The normalized spacial score (nSPS) is 16.3. The first-order chi connectivity index (χ1) is 9.24. The van der Waals surface area contributed by atoms with Crippen molar-refractivity contribution in [2.75, 3.05) is 5.75 Å². The molecule has 0 amide bonds. The van der Waals surface area contributed by atoms with Crippen LogP contribution in [-0.2, 0) is 0 Å². The Labute approximate surface area is 117 Å². The molecule has 1 heterocycles. The fourth-order valence-electron chi connectivity index (χ4n) is 2.55. The smallest absolute Gasteiger partial charge is 0.305 e. The molecule has 0 aliphatic heterocycles. The molecule has 1 aliphatic rings. The minimum Gasteiger partial charge on any atom is -0.305 e. The fourth-order valence-corrected chi connectivity index (χ4v) is 3.36. The van der Waals surface area contributed by atoms with Crippen LogP contribution in [0, 0.1) is 0 Å². The van der Waals surface area contributed by atoms with Gasteiger partial charge >= 0.3 is 11.4 Å². The van der Waals surface area contributed by atoms with Gasteiger partial charge in [0, 0.05) is 11.8 Å². The van der Waals surface area contributed by atoms with Gasteiger partial charge in [0.05, 0.1) is 0 Å². The summed E-state index contributed by atoms with van der Waals surface area (Å²) in [5.41, 5.74) is -0.294. The van der Waals surface area contributed by atoms with Gasteiger partial charge in [-0.1, -0.05) is 43.2 Å². The first kappa shape index (κ1) is 14.5. The molecule has 0 N–H and O–H groups in total. The number of aromatic nitrogens is 2. The highest BCUT2D eigenvalue weighted by atomic mass is 32.2. The van der Waals surface area contributed by atoms with Crippen molar-refractivity contribution < 1.29 is 4.52 Å². The van der Waals surface area contributed by atoms with Gasteiger partial charge in [-0.25, -0.2) is 14.2 Å². The Morgan fingerprint density at radius 1 is 1.21 bits per heavy atom. The van der Waals surface area contributed by atoms with Crippen molar-refractivity contribution in [2.24, 2.45) is 0 Å². The van der Waals surface area contributed by atoms with Crippen LogP contribution >= 0.6 is 11.9 Å². The molecule has 6 heteroatoms. The van der Waals surface area contributed by atoms with Crippen LogP contribution in [-0.4, -0.2) is 14.5 Å². The highest BCUT2D eigenvalue weighted by Gasteiger charge is 2.24. The zero-order chi connectivity index (χ0) is 13.7. The van der Waals surface area contributed by atoms with Gasteiger partial charge in [0.2, 0.25) is 0 Å². The van der Waals surface area contributed by atoms with Crippen molar-refractivity contribution in [3.8, 4) is 0 Å². The minimum absolute atomic E-state index is 0.0469. The van der Waals surface area contributed by atoms with Gasteiger partial charge in [0.25, 0.3) is 0 Å². The number of hydrogen-bond acceptors (Lipinski definition) is 4. The van der Waals surface area contributed by atoms with E-state index in [2.05, 4.69) is 6.92 Å². The van der Waals surface area contributed by atoms with Gasteiger partial charge in [-0.3, -0.25) is 0 Å². The van der Waals surface area contributed by atoms with Crippen LogP contribution in [0.2, 0.25) is 0 Å². The molecule has 1 aromatic heterocycles. The molecule has 2 rings (SSSR count). The molecule has 0 bridgehead atoms. The Kier molecular flexibility index (Phi) is 5.36. The standard InChI is InChI=1S/C13H22N2O3S/c1-2-3-4-7-10-19-15-12(16)14(13(17)18-15)11-8-5-6-9-11/h11H,2-10H2,1H3. The summed E-state index contributed by atoms with van der Waals surface area (Å²) >= 11 is 1.31. The van der Waals surface area contributed by atoms with Crippen LogP contribution in [0.15, 0.2) is 14.1 Å². The zero-order valence-electron chi connectivity index (χ0n) is 11.5. The van der Waals surface area contributed by atoms with E-state index < -0.39 is 5.76 Å². The van der Waals surface area contributed by atoms with E-state index in [0.29, 0.717) is 0 Å². The van der Waals surface area contributed by atoms with Crippen molar-refractivity contribution in [3.63, 3.8) is 0 Å². The van der Waals surface area contributed by atoms with Gasteiger partial charge < -0.3 is 4.52 Å². The van der Waals surface area contributed by atoms with Crippen LogP contribution in [0.5, 0.6) is 0 Å². The Hall–Kier alpha value is -0.910. The highest BCUT2D eigenvalue weighted by molar-refractivity contribution is 7.97. The molecule has 5 nitrogen and oxygen atoms in total. The summed E-state index contributed by atoms with van der Waals surface area (Å²) in [5.74, 6) is 0.315. The minimum atomic E-state index is -0.502. The Balaban J connectivity index is 1.96. The summed E-state index contributed by atoms with van der Waals surface area (Å²) in [6, 6.07) is 0.0469. The second-order valence-electron chi connectivity index (χ2n) is 5.10. The first-order valence-electron chi connectivity index (χ1n) is 7.22. The quantitative estimate of drug-likeness (QED) is 0.723. The van der Waals surface area contributed by atoms with Crippen LogP contribution in [0.4, 0.5) is 0 Å². The van der Waals surface area contributed by atoms with Crippen molar-refractivity contribution >= 4 is 11.9 Å². The molecular weight excluding hydrogens is 264 g/mol. The molecule has 108 valence electrons. The van der Waals surface area contributed by atoms with Gasteiger partial charge in [-0.15, -0.1) is 0 Å². The topological polar surface area (TPSA) is 57.1 Å². The van der Waals surface area contributed by atoms with E-state index in [9.17, 15) is 9.59 Å². The molecule has 1 aliphatic carbocycles. The molecular formula is C13H22N2O3S. The Morgan fingerprint density at radius 2 is 1.95 bits per heavy atom. The predicted molar refractivity (Wildman–Crippen MR) is 76.7 cm³/mol. The maximum Gasteiger partial charge on any atom is 0.443 e. The van der Waals surface area contributed by atoms with Gasteiger partial charge in [0.1, 0.15) is 0 Å². The molecule has 0 spiro atoms. The summed E-state index contributed by atoms with van der Waals surface area (Å²) < 4.78 is 7.50. The molecule has 1 fully saturated rings. The van der Waals surface area contributed by atoms with E-state index in [4.69, 9.17) is 4.52 Å². The fraction of sp³-hybridized carbons (Fsp3) is 0.846. The second-order valence-corrected chi connectivity index (χ2v) is 6.10. The van der Waals surface area contributed by atoms with Crippen LogP contribution < -0.4 is 11.4 Å². The number of unbranched alkanes of at least 4 members (excludes halogenated alkanes) is 3. The van der Waals surface area contributed by atoms with E-state index in [1.54, 1.807) is 0 Å². The van der Waals surface area contributed by atoms with Gasteiger partial charge in [-0.05, 0) is 31.2 Å². The molecule has 1 aromatic rings. The predicted octanol–water partition coefficient (Wildman–Crippen LogP) is 2.79. The summed E-state index contributed by atoms with van der Waals surface area (Å²) in [6.45, 7) is 2.17. The second kappa shape index (κ2) is 7.03. The van der Waals surface area contributed by atoms with Crippen LogP contribution in [0.25, 0.3) is 0 Å². The number of hydrogen-bond donors (Lipinski definition) is 0. The largest absolute Gasteiger partial charge is 0.443 e. The summed E-state index contributed by atoms with van der Waals surface area (Å²) in [7, 11) is 0. The van der Waals surface area contributed by atoms with E-state index in [0.717, 1.165) is 48.4 Å². The number of rotatable bonds is 7. The summed E-state index contributed by atoms with van der Waals surface area (Å²) in [5, 5.41) is 0. The van der Waals surface area contributed by atoms with E-state index >= 15 is 0 Å². The highest BCUT2D eigenvalue weighted by Crippen LogP contribution is 2.27. The molecule has 0 aromatic carbocycles.